The zero-order valence-electron chi connectivity index (χ0n) is 10.8. The van der Waals surface area contributed by atoms with Gasteiger partial charge in [0.25, 0.3) is 0 Å². The number of alkyl halides is 3. The van der Waals surface area contributed by atoms with Crippen LogP contribution in [0.2, 0.25) is 0 Å². The van der Waals surface area contributed by atoms with Crippen molar-refractivity contribution in [2.45, 2.75) is 39.4 Å². The molecule has 8 heteroatoms. The van der Waals surface area contributed by atoms with Crippen LogP contribution in [0.3, 0.4) is 0 Å². The van der Waals surface area contributed by atoms with Gasteiger partial charge in [-0.15, -0.1) is 0 Å². The first-order chi connectivity index (χ1) is 8.51. The molecule has 0 fully saturated rings. The summed E-state index contributed by atoms with van der Waals surface area (Å²) in [5.74, 6) is 0. The van der Waals surface area contributed by atoms with E-state index >= 15 is 0 Å². The summed E-state index contributed by atoms with van der Waals surface area (Å²) in [4.78, 5) is 3.72. The van der Waals surface area contributed by atoms with Crippen LogP contribution in [-0.2, 0) is 11.7 Å². The molecule has 3 nitrogen and oxygen atoms in total. The molecule has 0 saturated carbocycles. The van der Waals surface area contributed by atoms with Crippen LogP contribution < -0.4 is 0 Å². The standard InChI is InChI=1S/C11H12F3N3S2/c1-5-6-7(17(16-5)10(2,3)4)15-9(11(12,13)14)19-8(6)18/h1-4H3. The monoisotopic (exact) mass is 307 g/mol. The summed E-state index contributed by atoms with van der Waals surface area (Å²) in [7, 11) is 0. The molecule has 0 atom stereocenters. The molecule has 0 spiro atoms. The Balaban J connectivity index is 2.90. The average Bonchev–Trinajstić information content (AvgIpc) is 2.54. The largest absolute Gasteiger partial charge is 0.443 e. The number of aryl methyl sites for hydroxylation is 1. The zero-order chi connectivity index (χ0) is 14.6. The van der Waals surface area contributed by atoms with Crippen molar-refractivity contribution in [3.63, 3.8) is 0 Å². The Morgan fingerprint density at radius 2 is 1.79 bits per heavy atom. The molecule has 2 aromatic rings. The Hall–Kier alpha value is -1.02. The molecule has 0 aliphatic rings. The number of hydrogen-bond acceptors (Lipinski definition) is 4. The van der Waals surface area contributed by atoms with Crippen LogP contribution in [0.5, 0.6) is 0 Å². The molecular formula is C11H12F3N3S2. The van der Waals surface area contributed by atoms with Gasteiger partial charge in [-0.05, 0) is 27.7 Å². The van der Waals surface area contributed by atoms with Crippen molar-refractivity contribution in [1.29, 1.82) is 0 Å². The number of fused-ring (bicyclic) bond motifs is 1. The first-order valence-corrected chi connectivity index (χ1v) is 6.72. The Bertz CT molecular complexity index is 692. The van der Waals surface area contributed by atoms with Crippen molar-refractivity contribution in [3.8, 4) is 0 Å². The topological polar surface area (TPSA) is 30.7 Å². The lowest BCUT2D eigenvalue weighted by molar-refractivity contribution is -0.137. The van der Waals surface area contributed by atoms with Crippen molar-refractivity contribution in [3.05, 3.63) is 14.5 Å². The summed E-state index contributed by atoms with van der Waals surface area (Å²) in [6, 6.07) is 0. The molecule has 0 saturated heterocycles. The fourth-order valence-electron chi connectivity index (χ4n) is 1.70. The molecule has 2 aromatic heterocycles. The maximum Gasteiger partial charge on any atom is 0.443 e. The summed E-state index contributed by atoms with van der Waals surface area (Å²) in [5.41, 5.74) is 0.337. The third-order valence-electron chi connectivity index (χ3n) is 2.51. The van der Waals surface area contributed by atoms with E-state index in [1.54, 1.807) is 6.92 Å². The van der Waals surface area contributed by atoms with E-state index in [-0.39, 0.29) is 9.47 Å². The highest BCUT2D eigenvalue weighted by Gasteiger charge is 2.35. The average molecular weight is 307 g/mol. The van der Waals surface area contributed by atoms with Gasteiger partial charge in [0.05, 0.1) is 16.6 Å². The summed E-state index contributed by atoms with van der Waals surface area (Å²) >= 11 is 5.54. The molecule has 104 valence electrons. The quantitative estimate of drug-likeness (QED) is 0.680. The minimum Gasteiger partial charge on any atom is -0.242 e. The number of nitrogens with zero attached hydrogens (tertiary/aromatic N) is 3. The molecule has 19 heavy (non-hydrogen) atoms. The van der Waals surface area contributed by atoms with Gasteiger partial charge >= 0.3 is 6.18 Å². The lowest BCUT2D eigenvalue weighted by Crippen LogP contribution is -2.23. The van der Waals surface area contributed by atoms with Crippen molar-refractivity contribution < 1.29 is 13.2 Å². The van der Waals surface area contributed by atoms with Crippen LogP contribution in [0.1, 0.15) is 31.5 Å². The number of rotatable bonds is 0. The zero-order valence-corrected chi connectivity index (χ0v) is 12.4. The third-order valence-corrected chi connectivity index (χ3v) is 3.87. The summed E-state index contributed by atoms with van der Waals surface area (Å²) < 4.78 is 40.1. The highest BCUT2D eigenvalue weighted by Crippen LogP contribution is 2.35. The Morgan fingerprint density at radius 3 is 2.26 bits per heavy atom. The molecule has 2 heterocycles. The van der Waals surface area contributed by atoms with Crippen molar-refractivity contribution in [2.24, 2.45) is 0 Å². The maximum absolute atomic E-state index is 12.8. The maximum atomic E-state index is 12.8. The van der Waals surface area contributed by atoms with E-state index in [2.05, 4.69) is 10.1 Å². The first kappa shape index (κ1) is 14.4. The number of aromatic nitrogens is 3. The van der Waals surface area contributed by atoms with Crippen LogP contribution >= 0.6 is 23.6 Å². The highest BCUT2D eigenvalue weighted by atomic mass is 32.1. The summed E-state index contributed by atoms with van der Waals surface area (Å²) in [5, 5.41) is 3.87. The SMILES string of the molecule is Cc1nn(C(C)(C)C)c2nc(C(F)(F)F)sc(=S)c12. The third kappa shape index (κ3) is 2.51. The summed E-state index contributed by atoms with van der Waals surface area (Å²) in [6.45, 7) is 7.29. The second kappa shape index (κ2) is 4.24. The molecule has 2 rings (SSSR count). The molecule has 0 bridgehead atoms. The highest BCUT2D eigenvalue weighted by molar-refractivity contribution is 7.73. The van der Waals surface area contributed by atoms with Crippen LogP contribution in [0.4, 0.5) is 13.2 Å². The predicted molar refractivity (Wildman–Crippen MR) is 71.0 cm³/mol. The molecular weight excluding hydrogens is 295 g/mol. The van der Waals surface area contributed by atoms with Crippen LogP contribution in [0.15, 0.2) is 0 Å². The van der Waals surface area contributed by atoms with Crippen LogP contribution in [0, 0.1) is 10.7 Å². The van der Waals surface area contributed by atoms with E-state index in [0.717, 1.165) is 0 Å². The van der Waals surface area contributed by atoms with Crippen molar-refractivity contribution >= 4 is 34.6 Å². The van der Waals surface area contributed by atoms with E-state index in [9.17, 15) is 13.2 Å². The molecule has 0 amide bonds. The Morgan fingerprint density at radius 1 is 1.21 bits per heavy atom. The van der Waals surface area contributed by atoms with E-state index < -0.39 is 16.7 Å². The van der Waals surface area contributed by atoms with E-state index in [1.807, 2.05) is 20.8 Å². The van der Waals surface area contributed by atoms with Crippen LogP contribution in [0.25, 0.3) is 11.0 Å². The fraction of sp³-hybridized carbons (Fsp3) is 0.545. The van der Waals surface area contributed by atoms with Gasteiger partial charge in [0.15, 0.2) is 5.65 Å². The second-order valence-corrected chi connectivity index (χ2v) is 6.84. The molecule has 0 unspecified atom stereocenters. The normalized spacial score (nSPS) is 13.2. The fourth-order valence-corrected chi connectivity index (χ4v) is 2.94. The molecule has 0 aliphatic heterocycles. The van der Waals surface area contributed by atoms with Crippen molar-refractivity contribution in [2.75, 3.05) is 0 Å². The van der Waals surface area contributed by atoms with Crippen molar-refractivity contribution in [1.82, 2.24) is 14.8 Å². The minimum atomic E-state index is -4.49. The van der Waals surface area contributed by atoms with Gasteiger partial charge in [-0.2, -0.15) is 18.3 Å². The van der Waals surface area contributed by atoms with Gasteiger partial charge in [-0.25, -0.2) is 9.67 Å². The van der Waals surface area contributed by atoms with Gasteiger partial charge in [-0.1, -0.05) is 23.6 Å². The van der Waals surface area contributed by atoms with Gasteiger partial charge < -0.3 is 0 Å². The summed E-state index contributed by atoms with van der Waals surface area (Å²) in [6.07, 6.45) is -4.49. The smallest absolute Gasteiger partial charge is 0.242 e. The lowest BCUT2D eigenvalue weighted by atomic mass is 10.1. The van der Waals surface area contributed by atoms with E-state index in [1.165, 1.54) is 4.68 Å². The van der Waals surface area contributed by atoms with Gasteiger partial charge in [0, 0.05) is 0 Å². The Kier molecular flexibility index (Phi) is 3.21. The van der Waals surface area contributed by atoms with Gasteiger partial charge in [0.1, 0.15) is 3.82 Å². The molecule has 0 N–H and O–H groups in total. The number of hydrogen-bond donors (Lipinski definition) is 0. The van der Waals surface area contributed by atoms with Crippen LogP contribution in [-0.4, -0.2) is 14.8 Å². The first-order valence-electron chi connectivity index (χ1n) is 5.50. The molecule has 0 aromatic carbocycles. The molecule has 0 aliphatic carbocycles. The number of halogens is 3. The van der Waals surface area contributed by atoms with E-state index in [0.29, 0.717) is 22.4 Å². The van der Waals surface area contributed by atoms with Gasteiger partial charge in [0.2, 0.25) is 5.01 Å². The second-order valence-electron chi connectivity index (χ2n) is 5.17. The minimum absolute atomic E-state index is 0.172. The molecule has 0 radical (unpaired) electrons. The Labute approximate surface area is 117 Å². The predicted octanol–water partition coefficient (Wildman–Crippen LogP) is 4.30. The van der Waals surface area contributed by atoms with E-state index in [4.69, 9.17) is 12.2 Å². The van der Waals surface area contributed by atoms with Gasteiger partial charge in [-0.3, -0.25) is 0 Å². The lowest BCUT2D eigenvalue weighted by Gasteiger charge is -2.20.